The van der Waals surface area contributed by atoms with Gasteiger partial charge in [0, 0.05) is 31.7 Å². The highest BCUT2D eigenvalue weighted by Crippen LogP contribution is 2.08. The lowest BCUT2D eigenvalue weighted by atomic mass is 10.2. The van der Waals surface area contributed by atoms with Gasteiger partial charge in [0.1, 0.15) is 5.82 Å². The van der Waals surface area contributed by atoms with Gasteiger partial charge in [0.25, 0.3) is 0 Å². The quantitative estimate of drug-likeness (QED) is 0.749. The summed E-state index contributed by atoms with van der Waals surface area (Å²) in [5, 5.41) is 2.87. The summed E-state index contributed by atoms with van der Waals surface area (Å²) in [6.45, 7) is 6.28. The molecule has 0 saturated heterocycles. The first-order valence-corrected chi connectivity index (χ1v) is 7.84. The number of rotatable bonds is 8. The van der Waals surface area contributed by atoms with Crippen LogP contribution in [0.5, 0.6) is 0 Å². The van der Waals surface area contributed by atoms with Crippen LogP contribution >= 0.6 is 0 Å². The van der Waals surface area contributed by atoms with Gasteiger partial charge in [-0.2, -0.15) is 0 Å². The van der Waals surface area contributed by atoms with Gasteiger partial charge in [-0.15, -0.1) is 0 Å². The maximum Gasteiger partial charge on any atom is 0.317 e. The summed E-state index contributed by atoms with van der Waals surface area (Å²) >= 11 is 0. The number of unbranched alkanes of at least 4 members (excludes halogenated alkanes) is 1. The number of hydrogen-bond donors (Lipinski definition) is 1. The molecule has 0 radical (unpaired) electrons. The second-order valence-electron chi connectivity index (χ2n) is 5.96. The number of nitrogens with zero attached hydrogens (tertiary/aromatic N) is 2. The molecule has 1 aromatic carbocycles. The molecule has 0 saturated carbocycles. The van der Waals surface area contributed by atoms with Gasteiger partial charge in [-0.1, -0.05) is 18.2 Å². The highest BCUT2D eigenvalue weighted by Gasteiger charge is 2.10. The van der Waals surface area contributed by atoms with Gasteiger partial charge in [-0.25, -0.2) is 9.18 Å². The fourth-order valence-electron chi connectivity index (χ4n) is 2.03. The van der Waals surface area contributed by atoms with Crippen LogP contribution < -0.4 is 5.32 Å². The van der Waals surface area contributed by atoms with E-state index in [2.05, 4.69) is 31.1 Å². The van der Waals surface area contributed by atoms with E-state index in [1.54, 1.807) is 25.2 Å². The molecule has 124 valence electrons. The average Bonchev–Trinajstić information content (AvgIpc) is 2.48. The van der Waals surface area contributed by atoms with Crippen molar-refractivity contribution in [3.63, 3.8) is 0 Å². The fraction of sp³-hybridized carbons (Fsp3) is 0.588. The van der Waals surface area contributed by atoms with E-state index in [9.17, 15) is 9.18 Å². The Hall–Kier alpha value is -1.62. The van der Waals surface area contributed by atoms with E-state index >= 15 is 0 Å². The normalized spacial score (nSPS) is 11.0. The van der Waals surface area contributed by atoms with Gasteiger partial charge in [0.15, 0.2) is 0 Å². The predicted octanol–water partition coefficient (Wildman–Crippen LogP) is 3.09. The zero-order valence-electron chi connectivity index (χ0n) is 14.1. The molecule has 0 aliphatic rings. The van der Waals surface area contributed by atoms with Crippen molar-refractivity contribution in [2.24, 2.45) is 0 Å². The minimum Gasteiger partial charge on any atom is -0.338 e. The molecule has 0 aromatic heterocycles. The van der Waals surface area contributed by atoms with Crippen LogP contribution in [0.3, 0.4) is 0 Å². The molecule has 0 fully saturated rings. The molecule has 5 heteroatoms. The van der Waals surface area contributed by atoms with E-state index in [1.165, 1.54) is 11.0 Å². The minimum atomic E-state index is -0.279. The Kier molecular flexibility index (Phi) is 7.88. The molecule has 0 bridgehead atoms. The number of urea groups is 1. The first-order valence-electron chi connectivity index (χ1n) is 7.84. The molecule has 1 N–H and O–H groups in total. The zero-order valence-corrected chi connectivity index (χ0v) is 14.1. The lowest BCUT2D eigenvalue weighted by molar-refractivity contribution is 0.205. The van der Waals surface area contributed by atoms with Crippen molar-refractivity contribution in [2.75, 3.05) is 27.2 Å². The molecular formula is C17H28FN3O. The molecule has 0 aliphatic carbocycles. The third-order valence-electron chi connectivity index (χ3n) is 3.81. The lowest BCUT2D eigenvalue weighted by Crippen LogP contribution is -2.37. The molecule has 1 rings (SSSR count). The van der Waals surface area contributed by atoms with E-state index in [4.69, 9.17) is 0 Å². The fourth-order valence-corrected chi connectivity index (χ4v) is 2.03. The van der Waals surface area contributed by atoms with Crippen molar-refractivity contribution in [2.45, 2.75) is 39.3 Å². The Morgan fingerprint density at radius 3 is 2.55 bits per heavy atom. The van der Waals surface area contributed by atoms with Crippen LogP contribution in [0.2, 0.25) is 0 Å². The van der Waals surface area contributed by atoms with Crippen molar-refractivity contribution >= 4 is 6.03 Å². The largest absolute Gasteiger partial charge is 0.338 e. The van der Waals surface area contributed by atoms with Crippen LogP contribution in [0, 0.1) is 5.82 Å². The number of carbonyl (C=O) groups is 1. The first kappa shape index (κ1) is 18.4. The highest BCUT2D eigenvalue weighted by atomic mass is 19.1. The summed E-state index contributed by atoms with van der Waals surface area (Å²) in [6.07, 6.45) is 1.99. The number of amides is 2. The second-order valence-corrected chi connectivity index (χ2v) is 5.96. The van der Waals surface area contributed by atoms with Crippen molar-refractivity contribution in [1.29, 1.82) is 0 Å². The maximum atomic E-state index is 13.5. The van der Waals surface area contributed by atoms with E-state index < -0.39 is 0 Å². The molecule has 22 heavy (non-hydrogen) atoms. The van der Waals surface area contributed by atoms with Gasteiger partial charge in [-0.3, -0.25) is 0 Å². The Morgan fingerprint density at radius 1 is 1.23 bits per heavy atom. The van der Waals surface area contributed by atoms with Crippen LogP contribution in [0.4, 0.5) is 9.18 Å². The minimum absolute atomic E-state index is 0.166. The molecule has 0 unspecified atom stereocenters. The highest BCUT2D eigenvalue weighted by molar-refractivity contribution is 5.73. The number of carbonyl (C=O) groups excluding carboxylic acids is 1. The summed E-state index contributed by atoms with van der Waals surface area (Å²) in [5.41, 5.74) is 0.527. The number of nitrogens with one attached hydrogen (secondary N) is 1. The second kappa shape index (κ2) is 9.41. The topological polar surface area (TPSA) is 35.6 Å². The summed E-state index contributed by atoms with van der Waals surface area (Å²) in [7, 11) is 3.78. The van der Waals surface area contributed by atoms with Crippen molar-refractivity contribution in [3.05, 3.63) is 35.6 Å². The van der Waals surface area contributed by atoms with Gasteiger partial charge >= 0.3 is 6.03 Å². The number of hydrogen-bond acceptors (Lipinski definition) is 2. The maximum absolute atomic E-state index is 13.5. The summed E-state index contributed by atoms with van der Waals surface area (Å²) in [4.78, 5) is 15.7. The van der Waals surface area contributed by atoms with Crippen molar-refractivity contribution < 1.29 is 9.18 Å². The van der Waals surface area contributed by atoms with Crippen LogP contribution in [0.1, 0.15) is 32.3 Å². The standard InChI is InChI=1S/C17H28FN3O/c1-14(2)20(3)12-8-7-11-19-17(22)21(4)13-15-9-5-6-10-16(15)18/h5-6,9-10,14H,7-8,11-13H2,1-4H3,(H,19,22). The molecule has 0 aliphatic heterocycles. The predicted molar refractivity (Wildman–Crippen MR) is 88.3 cm³/mol. The Morgan fingerprint density at radius 2 is 1.91 bits per heavy atom. The van der Waals surface area contributed by atoms with E-state index in [1.807, 2.05) is 0 Å². The zero-order chi connectivity index (χ0) is 16.5. The Labute approximate surface area is 133 Å². The molecule has 1 aromatic rings. The Bertz CT molecular complexity index is 465. The van der Waals surface area contributed by atoms with Crippen molar-refractivity contribution in [1.82, 2.24) is 15.1 Å². The molecule has 0 atom stereocenters. The van der Waals surface area contributed by atoms with E-state index in [0.717, 1.165) is 19.4 Å². The Balaban J connectivity index is 2.23. The van der Waals surface area contributed by atoms with E-state index in [-0.39, 0.29) is 18.4 Å². The van der Waals surface area contributed by atoms with Crippen LogP contribution in [0.15, 0.2) is 24.3 Å². The van der Waals surface area contributed by atoms with Gasteiger partial charge in [0.2, 0.25) is 0 Å². The van der Waals surface area contributed by atoms with Crippen LogP contribution in [-0.2, 0) is 6.54 Å². The summed E-state index contributed by atoms with van der Waals surface area (Å²) < 4.78 is 13.5. The summed E-state index contributed by atoms with van der Waals surface area (Å²) in [6, 6.07) is 6.90. The monoisotopic (exact) mass is 309 g/mol. The lowest BCUT2D eigenvalue weighted by Gasteiger charge is -2.21. The third kappa shape index (κ3) is 6.43. The molecule has 4 nitrogen and oxygen atoms in total. The van der Waals surface area contributed by atoms with Gasteiger partial charge in [-0.05, 0) is 46.3 Å². The molecule has 0 heterocycles. The van der Waals surface area contributed by atoms with Crippen LogP contribution in [-0.4, -0.2) is 49.1 Å². The summed E-state index contributed by atoms with van der Waals surface area (Å²) in [5.74, 6) is -0.279. The average molecular weight is 309 g/mol. The van der Waals surface area contributed by atoms with Gasteiger partial charge in [0.05, 0.1) is 0 Å². The number of benzene rings is 1. The molecular weight excluding hydrogens is 281 g/mol. The molecule has 2 amide bonds. The van der Waals surface area contributed by atoms with Gasteiger partial charge < -0.3 is 15.1 Å². The first-order chi connectivity index (χ1) is 10.4. The van der Waals surface area contributed by atoms with E-state index in [0.29, 0.717) is 18.2 Å². The van der Waals surface area contributed by atoms with Crippen molar-refractivity contribution in [3.8, 4) is 0 Å². The smallest absolute Gasteiger partial charge is 0.317 e. The SMILES string of the molecule is CC(C)N(C)CCCCNC(=O)N(C)Cc1ccccc1F. The van der Waals surface area contributed by atoms with Crippen LogP contribution in [0.25, 0.3) is 0 Å². The molecule has 0 spiro atoms. The third-order valence-corrected chi connectivity index (χ3v) is 3.81. The number of halogens is 1.